The van der Waals surface area contributed by atoms with Crippen molar-refractivity contribution in [1.29, 1.82) is 0 Å². The molecule has 190 valence electrons. The van der Waals surface area contributed by atoms with Crippen LogP contribution in [-0.2, 0) is 16.2 Å². The van der Waals surface area contributed by atoms with Crippen LogP contribution < -0.4 is 9.47 Å². The maximum Gasteiger partial charge on any atom is 0.294 e. The molecule has 4 rings (SSSR count). The minimum absolute atomic E-state index is 0.141. The number of nitrogens with zero attached hydrogens (tertiary/aromatic N) is 2. The molecule has 10 heteroatoms. The van der Waals surface area contributed by atoms with Gasteiger partial charge in [0.2, 0.25) is 5.91 Å². The standard InChI is InChI=1S/C26H26Cl2N2O5S/c1-16-8-10-29(11-9-16)23(31)14-30-25(32)22(36-26(30)33)12-17-4-3-5-21(34-2)24(17)35-15-18-6-7-19(27)13-20(18)28/h3-7,12-13,16H,8-11,14-15H2,1-2H3/b22-12+. The Labute approximate surface area is 224 Å². The highest BCUT2D eigenvalue weighted by atomic mass is 35.5. The van der Waals surface area contributed by atoms with Crippen LogP contribution in [0.25, 0.3) is 6.08 Å². The molecule has 2 aromatic rings. The van der Waals surface area contributed by atoms with Gasteiger partial charge in [0.05, 0.1) is 12.0 Å². The molecule has 3 amide bonds. The molecule has 0 aromatic heterocycles. The first-order valence-corrected chi connectivity index (χ1v) is 13.1. The molecule has 0 saturated carbocycles. The number of benzene rings is 2. The largest absolute Gasteiger partial charge is 0.493 e. The van der Waals surface area contributed by atoms with Crippen LogP contribution in [-0.4, -0.2) is 53.6 Å². The predicted molar refractivity (Wildman–Crippen MR) is 141 cm³/mol. The van der Waals surface area contributed by atoms with E-state index in [4.69, 9.17) is 32.7 Å². The third kappa shape index (κ3) is 5.99. The third-order valence-electron chi connectivity index (χ3n) is 6.21. The Morgan fingerprint density at radius 3 is 2.61 bits per heavy atom. The molecule has 2 aliphatic heterocycles. The fourth-order valence-corrected chi connectivity index (χ4v) is 5.31. The number of carbonyl (C=O) groups excluding carboxylic acids is 3. The zero-order valence-electron chi connectivity index (χ0n) is 20.0. The van der Waals surface area contributed by atoms with E-state index in [9.17, 15) is 14.4 Å². The summed E-state index contributed by atoms with van der Waals surface area (Å²) in [5, 5.41) is 0.516. The molecule has 2 fully saturated rings. The van der Waals surface area contributed by atoms with Crippen molar-refractivity contribution in [3.63, 3.8) is 0 Å². The first-order valence-electron chi connectivity index (χ1n) is 11.5. The number of likely N-dealkylation sites (tertiary alicyclic amines) is 1. The number of rotatable bonds is 7. The van der Waals surface area contributed by atoms with E-state index in [0.717, 1.165) is 35.1 Å². The average Bonchev–Trinajstić information content (AvgIpc) is 3.11. The molecule has 2 aliphatic rings. The summed E-state index contributed by atoms with van der Waals surface area (Å²) in [6, 6.07) is 10.4. The summed E-state index contributed by atoms with van der Waals surface area (Å²) in [7, 11) is 1.52. The molecule has 0 bridgehead atoms. The van der Waals surface area contributed by atoms with E-state index in [-0.39, 0.29) is 24.0 Å². The van der Waals surface area contributed by atoms with Crippen LogP contribution >= 0.6 is 35.0 Å². The number of piperidine rings is 1. The molecule has 0 unspecified atom stereocenters. The summed E-state index contributed by atoms with van der Waals surface area (Å²) in [6.45, 7) is 3.33. The molecular weight excluding hydrogens is 523 g/mol. The van der Waals surface area contributed by atoms with Crippen molar-refractivity contribution in [2.45, 2.75) is 26.4 Å². The number of hydrogen-bond donors (Lipinski definition) is 0. The zero-order valence-corrected chi connectivity index (χ0v) is 22.3. The van der Waals surface area contributed by atoms with Crippen molar-refractivity contribution in [3.8, 4) is 11.5 Å². The third-order valence-corrected chi connectivity index (χ3v) is 7.70. The van der Waals surface area contributed by atoms with E-state index in [2.05, 4.69) is 6.92 Å². The van der Waals surface area contributed by atoms with E-state index in [1.54, 1.807) is 47.4 Å². The van der Waals surface area contributed by atoms with Gasteiger partial charge in [-0.05, 0) is 54.8 Å². The lowest BCUT2D eigenvalue weighted by Gasteiger charge is -2.31. The maximum absolute atomic E-state index is 13.1. The summed E-state index contributed by atoms with van der Waals surface area (Å²) in [4.78, 5) is 41.3. The highest BCUT2D eigenvalue weighted by Gasteiger charge is 2.37. The van der Waals surface area contributed by atoms with Gasteiger partial charge in [-0.15, -0.1) is 0 Å². The van der Waals surface area contributed by atoms with Crippen molar-refractivity contribution in [2.24, 2.45) is 5.92 Å². The van der Waals surface area contributed by atoms with Gasteiger partial charge in [-0.25, -0.2) is 0 Å². The van der Waals surface area contributed by atoms with Crippen LogP contribution in [0.5, 0.6) is 11.5 Å². The second-order valence-corrected chi connectivity index (χ2v) is 10.6. The van der Waals surface area contributed by atoms with E-state index < -0.39 is 11.1 Å². The smallest absolute Gasteiger partial charge is 0.294 e. The van der Waals surface area contributed by atoms with Crippen molar-refractivity contribution >= 4 is 58.1 Å². The molecule has 2 aromatic carbocycles. The number of halogens is 2. The summed E-state index contributed by atoms with van der Waals surface area (Å²) in [5.41, 5.74) is 1.28. The highest BCUT2D eigenvalue weighted by molar-refractivity contribution is 8.18. The molecule has 0 N–H and O–H groups in total. The first-order chi connectivity index (χ1) is 17.3. The van der Waals surface area contributed by atoms with Crippen LogP contribution in [0.2, 0.25) is 10.0 Å². The number of ether oxygens (including phenoxy) is 2. The average molecular weight is 549 g/mol. The summed E-state index contributed by atoms with van der Waals surface area (Å²) < 4.78 is 11.5. The zero-order chi connectivity index (χ0) is 25.8. The molecule has 7 nitrogen and oxygen atoms in total. The molecule has 36 heavy (non-hydrogen) atoms. The van der Waals surface area contributed by atoms with Gasteiger partial charge < -0.3 is 14.4 Å². The van der Waals surface area contributed by atoms with Crippen LogP contribution in [0.1, 0.15) is 30.9 Å². The second-order valence-electron chi connectivity index (χ2n) is 8.73. The van der Waals surface area contributed by atoms with Gasteiger partial charge in [0, 0.05) is 34.3 Å². The number of thioether (sulfide) groups is 1. The summed E-state index contributed by atoms with van der Waals surface area (Å²) in [6.07, 6.45) is 3.43. The molecule has 0 aliphatic carbocycles. The normalized spacial score (nSPS) is 17.7. The van der Waals surface area contributed by atoms with Gasteiger partial charge in [0.1, 0.15) is 13.2 Å². The van der Waals surface area contributed by atoms with Crippen molar-refractivity contribution < 1.29 is 23.9 Å². The maximum atomic E-state index is 13.1. The monoisotopic (exact) mass is 548 g/mol. The molecule has 2 heterocycles. The van der Waals surface area contributed by atoms with Gasteiger partial charge in [-0.2, -0.15) is 0 Å². The quantitative estimate of drug-likeness (QED) is 0.402. The molecule has 0 atom stereocenters. The Bertz CT molecular complexity index is 1210. The van der Waals surface area contributed by atoms with Crippen molar-refractivity contribution in [1.82, 2.24) is 9.80 Å². The van der Waals surface area contributed by atoms with Crippen molar-refractivity contribution in [2.75, 3.05) is 26.7 Å². The molecular formula is C26H26Cl2N2O5S. The van der Waals surface area contributed by atoms with Gasteiger partial charge >= 0.3 is 0 Å². The van der Waals surface area contributed by atoms with E-state index >= 15 is 0 Å². The van der Waals surface area contributed by atoms with Crippen LogP contribution in [0.15, 0.2) is 41.3 Å². The molecule has 2 saturated heterocycles. The lowest BCUT2D eigenvalue weighted by molar-refractivity contribution is -0.136. The topological polar surface area (TPSA) is 76.2 Å². The first kappa shape index (κ1) is 26.4. The van der Waals surface area contributed by atoms with E-state index in [1.165, 1.54) is 7.11 Å². The Balaban J connectivity index is 1.52. The Hall–Kier alpha value is -2.68. The minimum atomic E-state index is -0.502. The van der Waals surface area contributed by atoms with Crippen LogP contribution in [0.4, 0.5) is 4.79 Å². The van der Waals surface area contributed by atoms with Gasteiger partial charge in [0.25, 0.3) is 11.1 Å². The Morgan fingerprint density at radius 1 is 1.17 bits per heavy atom. The number of imide groups is 1. The van der Waals surface area contributed by atoms with Gasteiger partial charge in [0.15, 0.2) is 11.5 Å². The fraction of sp³-hybridized carbons (Fsp3) is 0.346. The van der Waals surface area contributed by atoms with Crippen LogP contribution in [0.3, 0.4) is 0 Å². The number of hydrogen-bond acceptors (Lipinski definition) is 6. The summed E-state index contributed by atoms with van der Waals surface area (Å²) >= 11 is 13.1. The number of amides is 3. The van der Waals surface area contributed by atoms with E-state index in [0.29, 0.717) is 46.1 Å². The predicted octanol–water partition coefficient (Wildman–Crippen LogP) is 5.88. The molecule has 0 radical (unpaired) electrons. The highest BCUT2D eigenvalue weighted by Crippen LogP contribution is 2.38. The SMILES string of the molecule is COc1cccc(/C=C2/SC(=O)N(CC(=O)N3CCC(C)CC3)C2=O)c1OCc1ccc(Cl)cc1Cl. The fourth-order valence-electron chi connectivity index (χ4n) is 4.02. The Morgan fingerprint density at radius 2 is 1.92 bits per heavy atom. The molecule has 0 spiro atoms. The van der Waals surface area contributed by atoms with Gasteiger partial charge in [-0.1, -0.05) is 48.3 Å². The second kappa shape index (κ2) is 11.6. The number of methoxy groups -OCH3 is 1. The number of carbonyl (C=O) groups is 3. The lowest BCUT2D eigenvalue weighted by atomic mass is 9.99. The van der Waals surface area contributed by atoms with Gasteiger partial charge in [-0.3, -0.25) is 19.3 Å². The lowest BCUT2D eigenvalue weighted by Crippen LogP contribution is -2.45. The number of para-hydroxylation sites is 1. The van der Waals surface area contributed by atoms with E-state index in [1.807, 2.05) is 0 Å². The van der Waals surface area contributed by atoms with Crippen LogP contribution in [0, 0.1) is 5.92 Å². The van der Waals surface area contributed by atoms with Crippen molar-refractivity contribution in [3.05, 3.63) is 62.5 Å². The minimum Gasteiger partial charge on any atom is -0.493 e. The Kier molecular flexibility index (Phi) is 8.49. The summed E-state index contributed by atoms with van der Waals surface area (Å²) in [5.74, 6) is 0.719.